The van der Waals surface area contributed by atoms with Crippen LogP contribution in [0.15, 0.2) is 36.7 Å². The molecule has 0 aliphatic heterocycles. The lowest BCUT2D eigenvalue weighted by atomic mass is 10.1. The molecule has 0 unspecified atom stereocenters. The van der Waals surface area contributed by atoms with Crippen molar-refractivity contribution in [3.8, 4) is 11.3 Å². The number of fused-ring (bicyclic) bond motifs is 1. The van der Waals surface area contributed by atoms with Crippen LogP contribution in [0.2, 0.25) is 0 Å². The summed E-state index contributed by atoms with van der Waals surface area (Å²) in [6.45, 7) is 3.84. The van der Waals surface area contributed by atoms with E-state index in [-0.39, 0.29) is 0 Å². The number of aromatic nitrogens is 3. The van der Waals surface area contributed by atoms with Gasteiger partial charge in [-0.2, -0.15) is 0 Å². The van der Waals surface area contributed by atoms with Crippen molar-refractivity contribution in [3.63, 3.8) is 0 Å². The van der Waals surface area contributed by atoms with Gasteiger partial charge in [0.1, 0.15) is 11.5 Å². The largest absolute Gasteiger partial charge is 0.382 e. The highest BCUT2D eigenvalue weighted by molar-refractivity contribution is 5.96. The van der Waals surface area contributed by atoms with Gasteiger partial charge in [0.05, 0.1) is 11.4 Å². The van der Waals surface area contributed by atoms with E-state index in [2.05, 4.69) is 15.0 Å². The molecule has 2 aromatic heterocycles. The average molecular weight is 250 g/mol. The zero-order valence-electron chi connectivity index (χ0n) is 10.9. The van der Waals surface area contributed by atoms with Crippen LogP contribution in [-0.2, 0) is 0 Å². The first kappa shape index (κ1) is 11.6. The lowest BCUT2D eigenvalue weighted by Crippen LogP contribution is -2.02. The predicted molar refractivity (Wildman–Crippen MR) is 76.7 cm³/mol. The molecule has 0 amide bonds. The molecule has 3 rings (SSSR count). The van der Waals surface area contributed by atoms with E-state index >= 15 is 0 Å². The van der Waals surface area contributed by atoms with Crippen molar-refractivity contribution in [2.24, 2.45) is 0 Å². The number of nitrogen functional groups attached to an aromatic ring is 1. The number of nitrogens with zero attached hydrogens (tertiary/aromatic N) is 3. The van der Waals surface area contributed by atoms with E-state index in [9.17, 15) is 0 Å². The topological polar surface area (TPSA) is 64.7 Å². The van der Waals surface area contributed by atoms with Gasteiger partial charge in [-0.05, 0) is 19.2 Å². The third kappa shape index (κ3) is 1.91. The highest BCUT2D eigenvalue weighted by Gasteiger charge is 2.11. The van der Waals surface area contributed by atoms with Crippen LogP contribution in [-0.4, -0.2) is 15.0 Å². The van der Waals surface area contributed by atoms with Crippen molar-refractivity contribution in [2.75, 3.05) is 5.73 Å². The Balaban J connectivity index is 2.33. The lowest BCUT2D eigenvalue weighted by molar-refractivity contribution is 1.06. The fraction of sp³-hybridized carbons (Fsp3) is 0.133. The molecule has 0 bridgehead atoms. The first-order chi connectivity index (χ1) is 9.16. The predicted octanol–water partition coefficient (Wildman–Crippen LogP) is 2.89. The van der Waals surface area contributed by atoms with Crippen LogP contribution < -0.4 is 5.73 Å². The first-order valence-electron chi connectivity index (χ1n) is 6.10. The summed E-state index contributed by atoms with van der Waals surface area (Å²) >= 11 is 0. The second-order valence-electron chi connectivity index (χ2n) is 4.54. The number of hydrogen-bond donors (Lipinski definition) is 1. The molecule has 0 saturated carbocycles. The van der Waals surface area contributed by atoms with Crippen LogP contribution in [0.1, 0.15) is 11.4 Å². The molecular formula is C15H14N4. The van der Waals surface area contributed by atoms with Crippen molar-refractivity contribution in [1.82, 2.24) is 15.0 Å². The van der Waals surface area contributed by atoms with Gasteiger partial charge in [0.2, 0.25) is 0 Å². The van der Waals surface area contributed by atoms with Crippen LogP contribution in [0.25, 0.3) is 22.0 Å². The van der Waals surface area contributed by atoms with E-state index < -0.39 is 0 Å². The summed E-state index contributed by atoms with van der Waals surface area (Å²) in [5.41, 5.74) is 9.38. The SMILES string of the molecule is Cc1nc(N)c(-c2cncc3ccccc23)nc1C. The zero-order chi connectivity index (χ0) is 13.4. The zero-order valence-corrected chi connectivity index (χ0v) is 10.9. The standard InChI is InChI=1S/C15H14N4/c1-9-10(2)19-15(16)14(18-9)13-8-17-7-11-5-3-4-6-12(11)13/h3-8H,1-2H3,(H2,16,19). The monoisotopic (exact) mass is 250 g/mol. The van der Waals surface area contributed by atoms with Gasteiger partial charge < -0.3 is 5.73 Å². The van der Waals surface area contributed by atoms with Crippen LogP contribution in [0.4, 0.5) is 5.82 Å². The molecule has 4 nitrogen and oxygen atoms in total. The molecule has 0 radical (unpaired) electrons. The molecule has 0 aliphatic rings. The molecule has 2 heterocycles. The fourth-order valence-electron chi connectivity index (χ4n) is 2.12. The van der Waals surface area contributed by atoms with Gasteiger partial charge >= 0.3 is 0 Å². The summed E-state index contributed by atoms with van der Waals surface area (Å²) in [5.74, 6) is 0.446. The van der Waals surface area contributed by atoms with Gasteiger partial charge in [0.25, 0.3) is 0 Å². The molecule has 19 heavy (non-hydrogen) atoms. The highest BCUT2D eigenvalue weighted by atomic mass is 14.9. The fourth-order valence-corrected chi connectivity index (χ4v) is 2.12. The van der Waals surface area contributed by atoms with Crippen molar-refractivity contribution in [1.29, 1.82) is 0 Å². The van der Waals surface area contributed by atoms with E-state index in [1.54, 1.807) is 6.20 Å². The Hall–Kier alpha value is -2.49. The van der Waals surface area contributed by atoms with E-state index in [0.717, 1.165) is 27.7 Å². The second-order valence-corrected chi connectivity index (χ2v) is 4.54. The molecule has 4 heteroatoms. The maximum absolute atomic E-state index is 6.01. The molecule has 0 fully saturated rings. The number of pyridine rings is 1. The number of anilines is 1. The highest BCUT2D eigenvalue weighted by Crippen LogP contribution is 2.29. The van der Waals surface area contributed by atoms with Gasteiger partial charge in [-0.3, -0.25) is 4.98 Å². The van der Waals surface area contributed by atoms with Crippen LogP contribution in [0.3, 0.4) is 0 Å². The summed E-state index contributed by atoms with van der Waals surface area (Å²) in [5, 5.41) is 2.15. The molecule has 0 spiro atoms. The van der Waals surface area contributed by atoms with Crippen LogP contribution in [0.5, 0.6) is 0 Å². The Morgan fingerprint density at radius 1 is 0.947 bits per heavy atom. The van der Waals surface area contributed by atoms with Gasteiger partial charge in [-0.15, -0.1) is 0 Å². The minimum Gasteiger partial charge on any atom is -0.382 e. The van der Waals surface area contributed by atoms with E-state index in [1.165, 1.54) is 0 Å². The maximum Gasteiger partial charge on any atom is 0.150 e. The Morgan fingerprint density at radius 2 is 1.68 bits per heavy atom. The Kier molecular flexibility index (Phi) is 2.63. The number of nitrogens with two attached hydrogens (primary N) is 1. The Labute approximate surface area is 111 Å². The number of hydrogen-bond acceptors (Lipinski definition) is 4. The number of rotatable bonds is 1. The summed E-state index contributed by atoms with van der Waals surface area (Å²) in [6.07, 6.45) is 3.63. The molecule has 2 N–H and O–H groups in total. The van der Waals surface area contributed by atoms with E-state index in [4.69, 9.17) is 5.73 Å². The summed E-state index contributed by atoms with van der Waals surface area (Å²) in [7, 11) is 0. The van der Waals surface area contributed by atoms with Gasteiger partial charge in [0.15, 0.2) is 0 Å². The number of benzene rings is 1. The Morgan fingerprint density at radius 3 is 2.53 bits per heavy atom. The molecular weight excluding hydrogens is 236 g/mol. The number of aryl methyl sites for hydroxylation is 2. The summed E-state index contributed by atoms with van der Waals surface area (Å²) in [4.78, 5) is 13.2. The minimum absolute atomic E-state index is 0.446. The van der Waals surface area contributed by atoms with Gasteiger partial charge in [-0.1, -0.05) is 24.3 Å². The van der Waals surface area contributed by atoms with Gasteiger partial charge in [0, 0.05) is 23.3 Å². The van der Waals surface area contributed by atoms with Crippen molar-refractivity contribution in [2.45, 2.75) is 13.8 Å². The third-order valence-electron chi connectivity index (χ3n) is 3.26. The Bertz CT molecular complexity index is 760. The lowest BCUT2D eigenvalue weighted by Gasteiger charge is -2.09. The second kappa shape index (κ2) is 4.31. The van der Waals surface area contributed by atoms with Crippen molar-refractivity contribution >= 4 is 16.6 Å². The smallest absolute Gasteiger partial charge is 0.150 e. The molecule has 0 atom stereocenters. The molecule has 0 saturated heterocycles. The summed E-state index contributed by atoms with van der Waals surface area (Å²) in [6, 6.07) is 8.05. The van der Waals surface area contributed by atoms with E-state index in [1.807, 2.05) is 44.3 Å². The van der Waals surface area contributed by atoms with Crippen LogP contribution in [0, 0.1) is 13.8 Å². The van der Waals surface area contributed by atoms with Crippen molar-refractivity contribution in [3.05, 3.63) is 48.0 Å². The summed E-state index contributed by atoms with van der Waals surface area (Å²) < 4.78 is 0. The third-order valence-corrected chi connectivity index (χ3v) is 3.26. The minimum atomic E-state index is 0.446. The normalized spacial score (nSPS) is 10.8. The average Bonchev–Trinajstić information content (AvgIpc) is 2.42. The quantitative estimate of drug-likeness (QED) is 0.721. The molecule has 3 aromatic rings. The molecule has 1 aromatic carbocycles. The molecule has 94 valence electrons. The van der Waals surface area contributed by atoms with E-state index in [0.29, 0.717) is 11.5 Å². The van der Waals surface area contributed by atoms with Gasteiger partial charge in [-0.25, -0.2) is 9.97 Å². The molecule has 0 aliphatic carbocycles. The van der Waals surface area contributed by atoms with Crippen molar-refractivity contribution < 1.29 is 0 Å². The van der Waals surface area contributed by atoms with Crippen LogP contribution >= 0.6 is 0 Å². The maximum atomic E-state index is 6.01. The first-order valence-corrected chi connectivity index (χ1v) is 6.10.